The van der Waals surface area contributed by atoms with E-state index < -0.39 is 5.97 Å². The first-order chi connectivity index (χ1) is 12.6. The van der Waals surface area contributed by atoms with Gasteiger partial charge in [-0.05, 0) is 42.8 Å². The molecule has 7 heteroatoms. The Morgan fingerprint density at radius 2 is 1.58 bits per heavy atom. The maximum absolute atomic E-state index is 12.2. The molecule has 1 aliphatic rings. The second kappa shape index (κ2) is 8.14. The normalized spacial score (nSPS) is 12.9. The van der Waals surface area contributed by atoms with Crippen molar-refractivity contribution in [3.05, 3.63) is 64.1 Å². The Labute approximate surface area is 158 Å². The fourth-order valence-corrected chi connectivity index (χ4v) is 2.83. The molecule has 0 aromatic heterocycles. The van der Waals surface area contributed by atoms with Crippen LogP contribution >= 0.6 is 15.9 Å². The van der Waals surface area contributed by atoms with Gasteiger partial charge in [0.05, 0.1) is 17.7 Å². The summed E-state index contributed by atoms with van der Waals surface area (Å²) in [5.41, 5.74) is 0.829. The molecule has 0 N–H and O–H groups in total. The van der Waals surface area contributed by atoms with Gasteiger partial charge in [-0.15, -0.1) is 0 Å². The molecule has 0 saturated heterocycles. The van der Waals surface area contributed by atoms with Crippen LogP contribution in [0, 0.1) is 0 Å². The molecule has 0 fully saturated rings. The van der Waals surface area contributed by atoms with Crippen LogP contribution in [0.1, 0.15) is 27.1 Å². The third kappa shape index (κ3) is 4.11. The molecule has 26 heavy (non-hydrogen) atoms. The molecule has 0 unspecified atom stereocenters. The zero-order valence-corrected chi connectivity index (χ0v) is 15.4. The molecule has 0 bridgehead atoms. The van der Waals surface area contributed by atoms with E-state index in [1.165, 1.54) is 4.90 Å². The predicted molar refractivity (Wildman–Crippen MR) is 97.0 cm³/mol. The average molecular weight is 418 g/mol. The van der Waals surface area contributed by atoms with Crippen molar-refractivity contribution in [2.75, 3.05) is 19.8 Å². The van der Waals surface area contributed by atoms with Crippen molar-refractivity contribution in [2.45, 2.75) is 6.42 Å². The first-order valence-electron chi connectivity index (χ1n) is 8.05. The van der Waals surface area contributed by atoms with Gasteiger partial charge in [0.2, 0.25) is 0 Å². The van der Waals surface area contributed by atoms with E-state index in [1.54, 1.807) is 36.4 Å². The number of halogens is 1. The van der Waals surface area contributed by atoms with Crippen LogP contribution in [-0.2, 0) is 9.53 Å². The van der Waals surface area contributed by atoms with E-state index in [9.17, 15) is 14.4 Å². The van der Waals surface area contributed by atoms with E-state index in [0.717, 1.165) is 4.47 Å². The zero-order valence-electron chi connectivity index (χ0n) is 13.8. The predicted octanol–water partition coefficient (Wildman–Crippen LogP) is 3.06. The Morgan fingerprint density at radius 1 is 0.962 bits per heavy atom. The average Bonchev–Trinajstić information content (AvgIpc) is 2.89. The standard InChI is InChI=1S/C19H16BrNO5/c20-13-6-8-14(9-7-13)26-12-17(22)25-11-3-10-21-18(23)15-4-1-2-5-16(15)19(21)24/h1-2,4-9H,3,10-12H2. The van der Waals surface area contributed by atoms with Crippen molar-refractivity contribution in [2.24, 2.45) is 0 Å². The van der Waals surface area contributed by atoms with Crippen LogP contribution in [0.3, 0.4) is 0 Å². The van der Waals surface area contributed by atoms with E-state index in [1.807, 2.05) is 12.1 Å². The van der Waals surface area contributed by atoms with Gasteiger partial charge in [0.1, 0.15) is 5.75 Å². The summed E-state index contributed by atoms with van der Waals surface area (Å²) in [6, 6.07) is 13.8. The van der Waals surface area contributed by atoms with Crippen molar-refractivity contribution in [1.82, 2.24) is 4.90 Å². The van der Waals surface area contributed by atoms with Gasteiger partial charge in [0, 0.05) is 11.0 Å². The number of carbonyl (C=O) groups is 3. The van der Waals surface area contributed by atoms with Gasteiger partial charge in [-0.2, -0.15) is 0 Å². The number of amides is 2. The number of rotatable bonds is 7. The Bertz CT molecular complexity index is 799. The summed E-state index contributed by atoms with van der Waals surface area (Å²) in [6.45, 7) is 0.109. The summed E-state index contributed by atoms with van der Waals surface area (Å²) >= 11 is 3.31. The van der Waals surface area contributed by atoms with Crippen LogP contribution in [0.2, 0.25) is 0 Å². The summed E-state index contributed by atoms with van der Waals surface area (Å²) in [5, 5.41) is 0. The van der Waals surface area contributed by atoms with E-state index >= 15 is 0 Å². The van der Waals surface area contributed by atoms with Crippen molar-refractivity contribution in [3.8, 4) is 5.75 Å². The largest absolute Gasteiger partial charge is 0.482 e. The molecule has 6 nitrogen and oxygen atoms in total. The number of esters is 1. The van der Waals surface area contributed by atoms with Gasteiger partial charge in [-0.25, -0.2) is 4.79 Å². The lowest BCUT2D eigenvalue weighted by Gasteiger charge is -2.13. The SMILES string of the molecule is O=C(COc1ccc(Br)cc1)OCCCN1C(=O)c2ccccc2C1=O. The number of ether oxygens (including phenoxy) is 2. The van der Waals surface area contributed by atoms with Crippen LogP contribution < -0.4 is 4.74 Å². The van der Waals surface area contributed by atoms with E-state index in [2.05, 4.69) is 15.9 Å². The Balaban J connectivity index is 1.39. The highest BCUT2D eigenvalue weighted by Crippen LogP contribution is 2.22. The monoisotopic (exact) mass is 417 g/mol. The third-order valence-corrected chi connectivity index (χ3v) is 4.37. The molecule has 0 saturated carbocycles. The van der Waals surface area contributed by atoms with Crippen LogP contribution in [-0.4, -0.2) is 42.4 Å². The smallest absolute Gasteiger partial charge is 0.344 e. The lowest BCUT2D eigenvalue weighted by Crippen LogP contribution is -2.31. The first-order valence-corrected chi connectivity index (χ1v) is 8.85. The number of hydrogen-bond acceptors (Lipinski definition) is 5. The fourth-order valence-electron chi connectivity index (χ4n) is 2.57. The minimum atomic E-state index is -0.504. The number of imide groups is 1. The maximum Gasteiger partial charge on any atom is 0.344 e. The van der Waals surface area contributed by atoms with Gasteiger partial charge >= 0.3 is 5.97 Å². The number of fused-ring (bicyclic) bond motifs is 1. The van der Waals surface area contributed by atoms with Crippen molar-refractivity contribution in [1.29, 1.82) is 0 Å². The number of benzene rings is 2. The van der Waals surface area contributed by atoms with E-state index in [-0.39, 0.29) is 31.6 Å². The molecular formula is C19H16BrNO5. The highest BCUT2D eigenvalue weighted by molar-refractivity contribution is 9.10. The van der Waals surface area contributed by atoms with E-state index in [0.29, 0.717) is 23.3 Å². The number of hydrogen-bond donors (Lipinski definition) is 0. The van der Waals surface area contributed by atoms with Gasteiger partial charge in [-0.3, -0.25) is 14.5 Å². The maximum atomic E-state index is 12.2. The lowest BCUT2D eigenvalue weighted by atomic mass is 10.1. The molecule has 0 radical (unpaired) electrons. The Hall–Kier alpha value is -2.67. The molecule has 3 rings (SSSR count). The van der Waals surface area contributed by atoms with Crippen LogP contribution in [0.5, 0.6) is 5.75 Å². The quantitative estimate of drug-likeness (QED) is 0.393. The molecule has 134 valence electrons. The molecular weight excluding hydrogens is 402 g/mol. The van der Waals surface area contributed by atoms with Crippen molar-refractivity contribution in [3.63, 3.8) is 0 Å². The highest BCUT2D eigenvalue weighted by Gasteiger charge is 2.34. The fraction of sp³-hybridized carbons (Fsp3) is 0.211. The summed E-state index contributed by atoms with van der Waals surface area (Å²) in [6.07, 6.45) is 0.371. The zero-order chi connectivity index (χ0) is 18.5. The lowest BCUT2D eigenvalue weighted by molar-refractivity contribution is -0.146. The molecule has 1 heterocycles. The summed E-state index contributed by atoms with van der Waals surface area (Å²) in [7, 11) is 0. The van der Waals surface area contributed by atoms with Crippen LogP contribution in [0.25, 0.3) is 0 Å². The third-order valence-electron chi connectivity index (χ3n) is 3.84. The summed E-state index contributed by atoms with van der Waals surface area (Å²) < 4.78 is 11.3. The molecule has 0 aliphatic carbocycles. The molecule has 0 atom stereocenters. The van der Waals surface area contributed by atoms with Gasteiger partial charge in [0.15, 0.2) is 6.61 Å². The second-order valence-electron chi connectivity index (χ2n) is 5.62. The van der Waals surface area contributed by atoms with Crippen LogP contribution in [0.15, 0.2) is 53.0 Å². The topological polar surface area (TPSA) is 72.9 Å². The number of carbonyl (C=O) groups excluding carboxylic acids is 3. The second-order valence-corrected chi connectivity index (χ2v) is 6.54. The molecule has 0 spiro atoms. The summed E-state index contributed by atoms with van der Waals surface area (Å²) in [5.74, 6) is -0.558. The molecule has 2 aromatic rings. The minimum Gasteiger partial charge on any atom is -0.482 e. The van der Waals surface area contributed by atoms with Crippen molar-refractivity contribution >= 4 is 33.7 Å². The molecule has 1 aliphatic heterocycles. The van der Waals surface area contributed by atoms with Crippen molar-refractivity contribution < 1.29 is 23.9 Å². The Morgan fingerprint density at radius 3 is 2.19 bits per heavy atom. The highest BCUT2D eigenvalue weighted by atomic mass is 79.9. The van der Waals surface area contributed by atoms with Gasteiger partial charge in [-0.1, -0.05) is 28.1 Å². The number of nitrogens with zero attached hydrogens (tertiary/aromatic N) is 1. The van der Waals surface area contributed by atoms with E-state index in [4.69, 9.17) is 9.47 Å². The van der Waals surface area contributed by atoms with Gasteiger partial charge < -0.3 is 9.47 Å². The van der Waals surface area contributed by atoms with Gasteiger partial charge in [0.25, 0.3) is 11.8 Å². The first kappa shape index (κ1) is 18.1. The molecule has 2 aromatic carbocycles. The Kier molecular flexibility index (Phi) is 5.68. The molecule has 2 amide bonds. The van der Waals surface area contributed by atoms with Crippen LogP contribution in [0.4, 0.5) is 0 Å². The summed E-state index contributed by atoms with van der Waals surface area (Å²) in [4.78, 5) is 37.2. The minimum absolute atomic E-state index is 0.107.